The van der Waals surface area contributed by atoms with Crippen LogP contribution in [0.3, 0.4) is 0 Å². The van der Waals surface area contributed by atoms with E-state index in [1.165, 1.54) is 180 Å². The molecule has 14 heteroatoms. The number of carbonyl (C=O) groups excluding carboxylic acids is 1. The molecule has 2 saturated heterocycles. The van der Waals surface area contributed by atoms with Crippen molar-refractivity contribution >= 4 is 5.91 Å². The minimum atomic E-state index is -1.79. The fraction of sp³-hybridized carbons (Fsp3) is 0.862. The molecule has 2 heterocycles. The standard InChI is InChI=1S/C65H119NO13/c1-3-5-7-9-11-13-15-17-19-21-23-25-26-27-28-29-31-33-35-37-39-41-43-45-47-49-57(70)66-53(54(69)48-46-44-42-40-38-36-34-32-30-24-22-20-18-16-14-12-10-8-6-4-2)52-76-64-62(75)60(73)63(56(51-68)78-64)79-65-61(74)59(72)58(71)55(50-67)77-65/h15,17,21,23,26-27,46,48,53-56,58-65,67-69,71-75H,3-14,16,18-20,22,24-25,28-45,47,49-52H2,1-2H3,(H,66,70)/b17-15-,23-21-,27-26-,48-46+. The van der Waals surface area contributed by atoms with Crippen molar-refractivity contribution in [2.24, 2.45) is 0 Å². The van der Waals surface area contributed by atoms with Crippen LogP contribution in [-0.4, -0.2) is 140 Å². The Morgan fingerprint density at radius 1 is 0.456 bits per heavy atom. The Labute approximate surface area is 480 Å². The predicted octanol–water partition coefficient (Wildman–Crippen LogP) is 12.0. The van der Waals surface area contributed by atoms with Gasteiger partial charge in [-0.2, -0.15) is 0 Å². The van der Waals surface area contributed by atoms with E-state index in [1.54, 1.807) is 6.08 Å². The Kier molecular flexibility index (Phi) is 46.7. The van der Waals surface area contributed by atoms with Gasteiger partial charge in [-0.15, -0.1) is 0 Å². The van der Waals surface area contributed by atoms with Gasteiger partial charge in [-0.3, -0.25) is 4.79 Å². The second-order valence-electron chi connectivity index (χ2n) is 22.9. The quantitative estimate of drug-likeness (QED) is 0.0204. The molecular weight excluding hydrogens is 1000 g/mol. The molecule has 0 radical (unpaired) electrons. The molecule has 12 atom stereocenters. The molecule has 0 bridgehead atoms. The van der Waals surface area contributed by atoms with Crippen molar-refractivity contribution in [2.75, 3.05) is 19.8 Å². The number of carbonyl (C=O) groups is 1. The molecule has 462 valence electrons. The van der Waals surface area contributed by atoms with E-state index in [0.717, 1.165) is 57.8 Å². The first kappa shape index (κ1) is 73.1. The average molecular weight is 1120 g/mol. The Morgan fingerprint density at radius 3 is 1.28 bits per heavy atom. The summed E-state index contributed by atoms with van der Waals surface area (Å²) in [5.74, 6) is -0.242. The number of unbranched alkanes of at least 4 members (excludes halogenated alkanes) is 33. The summed E-state index contributed by atoms with van der Waals surface area (Å²) < 4.78 is 22.8. The monoisotopic (exact) mass is 1120 g/mol. The fourth-order valence-electron chi connectivity index (χ4n) is 10.5. The molecule has 1 amide bonds. The van der Waals surface area contributed by atoms with Gasteiger partial charge in [0.15, 0.2) is 12.6 Å². The van der Waals surface area contributed by atoms with Crippen molar-refractivity contribution in [3.8, 4) is 0 Å². The maximum Gasteiger partial charge on any atom is 0.220 e. The summed E-state index contributed by atoms with van der Waals surface area (Å²) in [4.78, 5) is 13.3. The third-order valence-corrected chi connectivity index (χ3v) is 15.8. The van der Waals surface area contributed by atoms with Crippen molar-refractivity contribution < 1.29 is 64.6 Å². The van der Waals surface area contributed by atoms with E-state index >= 15 is 0 Å². The lowest BCUT2D eigenvalue weighted by atomic mass is 9.97. The number of amides is 1. The number of ether oxygens (including phenoxy) is 4. The molecule has 9 N–H and O–H groups in total. The minimum absolute atomic E-state index is 0.242. The molecule has 0 saturated carbocycles. The molecule has 0 aromatic rings. The Hall–Kier alpha value is -2.05. The highest BCUT2D eigenvalue weighted by Crippen LogP contribution is 2.30. The summed E-state index contributed by atoms with van der Waals surface area (Å²) in [7, 11) is 0. The Balaban J connectivity index is 1.73. The molecule has 0 aromatic heterocycles. The van der Waals surface area contributed by atoms with E-state index < -0.39 is 86.8 Å². The van der Waals surface area contributed by atoms with Crippen molar-refractivity contribution in [3.05, 3.63) is 48.6 Å². The van der Waals surface area contributed by atoms with Gasteiger partial charge < -0.3 is 65.1 Å². The van der Waals surface area contributed by atoms with E-state index in [2.05, 4.69) is 55.6 Å². The molecule has 0 spiro atoms. The average Bonchev–Trinajstić information content (AvgIpc) is 3.47. The summed E-state index contributed by atoms with van der Waals surface area (Å²) in [5.41, 5.74) is 0. The maximum absolute atomic E-state index is 13.3. The first-order chi connectivity index (χ1) is 38.6. The molecule has 12 unspecified atom stereocenters. The van der Waals surface area contributed by atoms with Crippen LogP contribution in [0.5, 0.6) is 0 Å². The fourth-order valence-corrected chi connectivity index (χ4v) is 10.5. The van der Waals surface area contributed by atoms with Crippen LogP contribution < -0.4 is 5.32 Å². The van der Waals surface area contributed by atoms with E-state index in [1.807, 2.05) is 6.08 Å². The number of aliphatic hydroxyl groups is 8. The van der Waals surface area contributed by atoms with Crippen molar-refractivity contribution in [3.63, 3.8) is 0 Å². The molecule has 79 heavy (non-hydrogen) atoms. The van der Waals surface area contributed by atoms with E-state index in [9.17, 15) is 45.6 Å². The van der Waals surface area contributed by atoms with E-state index in [4.69, 9.17) is 18.9 Å². The SMILES string of the molecule is CCCCCCC/C=C\C/C=C\C/C=C\CCCCCCCCCCCCC(=O)NC(COC1OC(CO)C(OC2OC(CO)C(O)C(O)C2O)C(O)C1O)C(O)/C=C/CCCCCCCCCCCCCCCCCCCC. The highest BCUT2D eigenvalue weighted by atomic mass is 16.7. The number of rotatable bonds is 52. The lowest BCUT2D eigenvalue weighted by molar-refractivity contribution is -0.359. The second-order valence-corrected chi connectivity index (χ2v) is 22.9. The van der Waals surface area contributed by atoms with Gasteiger partial charge in [0.25, 0.3) is 0 Å². The molecule has 2 rings (SSSR count). The topological polar surface area (TPSA) is 228 Å². The van der Waals surface area contributed by atoms with Crippen LogP contribution in [0.25, 0.3) is 0 Å². The third-order valence-electron chi connectivity index (χ3n) is 15.8. The van der Waals surface area contributed by atoms with Gasteiger partial charge >= 0.3 is 0 Å². The highest BCUT2D eigenvalue weighted by molar-refractivity contribution is 5.76. The van der Waals surface area contributed by atoms with Gasteiger partial charge in [-0.05, 0) is 57.8 Å². The smallest absolute Gasteiger partial charge is 0.220 e. The van der Waals surface area contributed by atoms with Gasteiger partial charge in [0, 0.05) is 6.42 Å². The third kappa shape index (κ3) is 35.6. The predicted molar refractivity (Wildman–Crippen MR) is 318 cm³/mol. The Morgan fingerprint density at radius 2 is 0.835 bits per heavy atom. The van der Waals surface area contributed by atoms with Gasteiger partial charge in [0.1, 0.15) is 48.8 Å². The van der Waals surface area contributed by atoms with Gasteiger partial charge in [0.05, 0.1) is 32.0 Å². The number of allylic oxidation sites excluding steroid dienone is 7. The van der Waals surface area contributed by atoms with Gasteiger partial charge in [-0.25, -0.2) is 0 Å². The zero-order valence-corrected chi connectivity index (χ0v) is 49.9. The minimum Gasteiger partial charge on any atom is -0.394 e. The summed E-state index contributed by atoms with van der Waals surface area (Å²) in [6, 6.07) is -0.919. The van der Waals surface area contributed by atoms with Crippen molar-refractivity contribution in [1.82, 2.24) is 5.32 Å². The van der Waals surface area contributed by atoms with Crippen LogP contribution in [0.4, 0.5) is 0 Å². The van der Waals surface area contributed by atoms with Gasteiger partial charge in [0.2, 0.25) is 5.91 Å². The molecule has 0 aromatic carbocycles. The summed E-state index contributed by atoms with van der Waals surface area (Å²) in [6.45, 7) is 2.81. The summed E-state index contributed by atoms with van der Waals surface area (Å²) in [6.07, 6.45) is 47.1. The molecule has 14 nitrogen and oxygen atoms in total. The molecule has 2 fully saturated rings. The molecule has 2 aliphatic rings. The largest absolute Gasteiger partial charge is 0.394 e. The number of nitrogens with one attached hydrogen (secondary N) is 1. The lowest BCUT2D eigenvalue weighted by Gasteiger charge is -2.46. The molecule has 0 aliphatic carbocycles. The zero-order chi connectivity index (χ0) is 57.4. The van der Waals surface area contributed by atoms with Crippen LogP contribution in [-0.2, 0) is 23.7 Å². The van der Waals surface area contributed by atoms with Crippen molar-refractivity contribution in [1.29, 1.82) is 0 Å². The second kappa shape index (κ2) is 50.5. The van der Waals surface area contributed by atoms with Crippen LogP contribution in [0.15, 0.2) is 48.6 Å². The number of aliphatic hydroxyl groups excluding tert-OH is 8. The van der Waals surface area contributed by atoms with Crippen LogP contribution in [0.1, 0.15) is 264 Å². The maximum atomic E-state index is 13.3. The van der Waals surface area contributed by atoms with Crippen LogP contribution in [0.2, 0.25) is 0 Å². The van der Waals surface area contributed by atoms with Gasteiger partial charge in [-0.1, -0.05) is 249 Å². The van der Waals surface area contributed by atoms with Crippen molar-refractivity contribution in [2.45, 2.75) is 338 Å². The number of hydrogen-bond donors (Lipinski definition) is 9. The molecule has 2 aliphatic heterocycles. The van der Waals surface area contributed by atoms with E-state index in [-0.39, 0.29) is 18.9 Å². The molecular formula is C65H119NO13. The van der Waals surface area contributed by atoms with Crippen LogP contribution in [0, 0.1) is 0 Å². The highest BCUT2D eigenvalue weighted by Gasteiger charge is 2.51. The lowest BCUT2D eigenvalue weighted by Crippen LogP contribution is -2.65. The first-order valence-corrected chi connectivity index (χ1v) is 32.4. The zero-order valence-electron chi connectivity index (χ0n) is 49.9. The first-order valence-electron chi connectivity index (χ1n) is 32.4. The number of hydrogen-bond acceptors (Lipinski definition) is 13. The van der Waals surface area contributed by atoms with E-state index in [0.29, 0.717) is 6.42 Å². The normalized spacial score (nSPS) is 24.7. The summed E-state index contributed by atoms with van der Waals surface area (Å²) >= 11 is 0. The van der Waals surface area contributed by atoms with Crippen LogP contribution >= 0.6 is 0 Å². The summed E-state index contributed by atoms with van der Waals surface area (Å²) in [5, 5.41) is 87.3. The Bertz CT molecular complexity index is 1510.